The maximum Gasteiger partial charge on any atom is 0.460 e. The van der Waals surface area contributed by atoms with E-state index in [4.69, 9.17) is 0 Å². The van der Waals surface area contributed by atoms with Crippen LogP contribution in [0, 0.1) is 0 Å². The van der Waals surface area contributed by atoms with Crippen molar-refractivity contribution in [2.24, 2.45) is 0 Å². The van der Waals surface area contributed by atoms with Gasteiger partial charge >= 0.3 is 83.8 Å². The van der Waals surface area contributed by atoms with E-state index < -0.39 is 123 Å². The van der Waals surface area contributed by atoms with E-state index in [1.165, 1.54) is 0 Å². The first-order valence-electron chi connectivity index (χ1n) is 12.3. The molecule has 0 radical (unpaired) electrons. The second kappa shape index (κ2) is 14.5. The SMILES string of the molecule is O=C(NNC(=O)OCCCC(F)(F)C(F)(F)C(F)(F)C(F)(F)C(F)(F)C(F)(F)C(F)(F)C(F)(F)F)OCCCC(F)(F)C(F)(F)C(F)(F)C(F)(F)F. The highest BCUT2D eigenvalue weighted by Gasteiger charge is 2.95. The van der Waals surface area contributed by atoms with Crippen molar-refractivity contribution in [1.29, 1.82) is 0 Å². The van der Waals surface area contributed by atoms with Crippen LogP contribution in [0.15, 0.2) is 0 Å². The molecular weight excluding hydrogens is 826 g/mol. The first-order chi connectivity index (χ1) is 22.5. The second-order valence-corrected chi connectivity index (χ2v) is 9.73. The summed E-state index contributed by atoms with van der Waals surface area (Å²) in [6, 6.07) is 0. The van der Waals surface area contributed by atoms with Gasteiger partial charge in [0.15, 0.2) is 0 Å². The molecule has 0 saturated heterocycles. The van der Waals surface area contributed by atoms with Gasteiger partial charge in [-0.25, -0.2) is 20.4 Å². The molecule has 52 heavy (non-hydrogen) atoms. The molecule has 0 spiro atoms. The maximum atomic E-state index is 13.8. The van der Waals surface area contributed by atoms with Crippen molar-refractivity contribution in [3.05, 3.63) is 0 Å². The maximum absolute atomic E-state index is 13.8. The Bertz CT molecular complexity index is 1240. The summed E-state index contributed by atoms with van der Waals surface area (Å²) in [7, 11) is 0. The topological polar surface area (TPSA) is 76.7 Å². The van der Waals surface area contributed by atoms with E-state index in [0.29, 0.717) is 0 Å². The number of nitrogens with one attached hydrogen (secondary N) is 2. The predicted molar refractivity (Wildman–Crippen MR) is 109 cm³/mol. The van der Waals surface area contributed by atoms with Gasteiger partial charge in [0.25, 0.3) is 0 Å². The highest BCUT2D eigenvalue weighted by molar-refractivity contribution is 5.73. The van der Waals surface area contributed by atoms with E-state index in [1.807, 2.05) is 0 Å². The van der Waals surface area contributed by atoms with E-state index in [2.05, 4.69) is 9.47 Å². The number of hydrazine groups is 1. The summed E-state index contributed by atoms with van der Waals surface area (Å²) in [4.78, 5) is 22.5. The molecule has 0 aromatic carbocycles. The van der Waals surface area contributed by atoms with Crippen LogP contribution in [0.4, 0.5) is 124 Å². The predicted octanol–water partition coefficient (Wildman–Crippen LogP) is 9.39. The third kappa shape index (κ3) is 8.42. The van der Waals surface area contributed by atoms with Crippen LogP contribution in [-0.4, -0.2) is 97.0 Å². The van der Waals surface area contributed by atoms with Crippen molar-refractivity contribution in [3.63, 3.8) is 0 Å². The summed E-state index contributed by atoms with van der Waals surface area (Å²) in [5, 5.41) is 0. The van der Waals surface area contributed by atoms with Crippen LogP contribution in [-0.2, 0) is 9.47 Å². The van der Waals surface area contributed by atoms with E-state index in [9.17, 15) is 124 Å². The van der Waals surface area contributed by atoms with Crippen molar-refractivity contribution >= 4 is 12.2 Å². The molecule has 0 aliphatic rings. The van der Waals surface area contributed by atoms with Crippen molar-refractivity contribution in [2.75, 3.05) is 13.2 Å². The molecule has 0 aromatic heterocycles. The number of halogens is 26. The van der Waals surface area contributed by atoms with Gasteiger partial charge in [0, 0.05) is 12.8 Å². The number of carbonyl (C=O) groups is 2. The molecule has 2 amide bonds. The van der Waals surface area contributed by atoms with Crippen molar-refractivity contribution in [1.82, 2.24) is 10.9 Å². The highest BCUT2D eigenvalue weighted by atomic mass is 19.4. The van der Waals surface area contributed by atoms with Crippen LogP contribution in [0.1, 0.15) is 25.7 Å². The van der Waals surface area contributed by atoms with Gasteiger partial charge in [0.1, 0.15) is 0 Å². The van der Waals surface area contributed by atoms with Gasteiger partial charge in [0.05, 0.1) is 13.2 Å². The normalized spacial score (nSPS) is 15.3. The van der Waals surface area contributed by atoms with E-state index in [-0.39, 0.29) is 0 Å². The number of hydrogen-bond donors (Lipinski definition) is 2. The van der Waals surface area contributed by atoms with Gasteiger partial charge in [-0.05, 0) is 12.8 Å². The zero-order chi connectivity index (χ0) is 42.2. The van der Waals surface area contributed by atoms with Crippen LogP contribution >= 0.6 is 0 Å². The third-order valence-electron chi connectivity index (χ3n) is 6.00. The average molecular weight is 840 g/mol. The monoisotopic (exact) mass is 840 g/mol. The van der Waals surface area contributed by atoms with Crippen molar-refractivity contribution < 1.29 is 133 Å². The number of ether oxygens (including phenoxy) is 2. The Balaban J connectivity index is 5.26. The Morgan fingerprint density at radius 2 is 0.558 bits per heavy atom. The Morgan fingerprint density at radius 3 is 0.827 bits per heavy atom. The molecule has 0 atom stereocenters. The van der Waals surface area contributed by atoms with E-state index in [0.717, 1.165) is 10.9 Å². The molecule has 0 aromatic rings. The quantitative estimate of drug-likeness (QED) is 0.0924. The number of carbonyl (C=O) groups excluding carboxylic acids is 2. The molecule has 0 unspecified atom stereocenters. The lowest BCUT2D eigenvalue weighted by molar-refractivity contribution is -0.461. The van der Waals surface area contributed by atoms with Crippen molar-refractivity contribution in [3.8, 4) is 0 Å². The summed E-state index contributed by atoms with van der Waals surface area (Å²) >= 11 is 0. The molecule has 0 saturated carbocycles. The van der Waals surface area contributed by atoms with Crippen molar-refractivity contribution in [2.45, 2.75) is 97.3 Å². The summed E-state index contributed by atoms with van der Waals surface area (Å²) in [6.45, 7) is -3.28. The smallest absolute Gasteiger partial charge is 0.448 e. The standard InChI is InChI=1S/C20H14F26N2O4/c21-9(22,11(25,26)13(29,30)14(31,32)15(33,34)16(35,36)18(39,40)20(44,45)46)3-1-5-51-7(49)47-48-8(50)52-6-2-4-10(23,24)12(27,28)17(37,38)19(41,42)43/h1-6H2,(H,47,49)(H,48,50). The molecule has 0 aliphatic heterocycles. The van der Waals surface area contributed by atoms with Crippen LogP contribution in [0.5, 0.6) is 0 Å². The van der Waals surface area contributed by atoms with Gasteiger partial charge < -0.3 is 9.47 Å². The van der Waals surface area contributed by atoms with Crippen LogP contribution in [0.25, 0.3) is 0 Å². The van der Waals surface area contributed by atoms with E-state index in [1.54, 1.807) is 0 Å². The minimum atomic E-state index is -8.84. The Labute approximate surface area is 268 Å². The molecular formula is C20H14F26N2O4. The third-order valence-corrected chi connectivity index (χ3v) is 6.00. The molecule has 0 aliphatic carbocycles. The lowest BCUT2D eigenvalue weighted by atomic mass is 9.88. The molecule has 2 N–H and O–H groups in total. The van der Waals surface area contributed by atoms with Gasteiger partial charge in [0.2, 0.25) is 0 Å². The first-order valence-corrected chi connectivity index (χ1v) is 12.3. The molecule has 0 bridgehead atoms. The minimum Gasteiger partial charge on any atom is -0.448 e. The average Bonchev–Trinajstić information content (AvgIpc) is 2.94. The van der Waals surface area contributed by atoms with Crippen LogP contribution in [0.2, 0.25) is 0 Å². The second-order valence-electron chi connectivity index (χ2n) is 9.73. The first kappa shape index (κ1) is 48.7. The fourth-order valence-electron chi connectivity index (χ4n) is 3.01. The summed E-state index contributed by atoms with van der Waals surface area (Å²) < 4.78 is 347. The Hall–Kier alpha value is -3.28. The molecule has 0 fully saturated rings. The van der Waals surface area contributed by atoms with Gasteiger partial charge in [-0.15, -0.1) is 0 Å². The molecule has 0 rings (SSSR count). The Kier molecular flexibility index (Phi) is 13.6. The number of hydrogen-bond acceptors (Lipinski definition) is 4. The molecule has 6 nitrogen and oxygen atoms in total. The summed E-state index contributed by atoms with van der Waals surface area (Å²) in [5.41, 5.74) is 2.02. The minimum absolute atomic E-state index is 0.997. The number of alkyl halides is 26. The zero-order valence-electron chi connectivity index (χ0n) is 23.7. The van der Waals surface area contributed by atoms with Crippen LogP contribution < -0.4 is 10.9 Å². The number of rotatable bonds is 16. The zero-order valence-corrected chi connectivity index (χ0v) is 23.7. The molecule has 0 heterocycles. The van der Waals surface area contributed by atoms with Gasteiger partial charge in [-0.2, -0.15) is 114 Å². The highest BCUT2D eigenvalue weighted by Crippen LogP contribution is 2.64. The Morgan fingerprint density at radius 1 is 0.346 bits per heavy atom. The fraction of sp³-hybridized carbons (Fsp3) is 0.900. The van der Waals surface area contributed by atoms with Gasteiger partial charge in [-0.3, -0.25) is 0 Å². The number of amides is 2. The molecule has 32 heteroatoms. The molecule has 310 valence electrons. The lowest BCUT2D eigenvalue weighted by Crippen LogP contribution is -2.74. The summed E-state index contributed by atoms with van der Waals surface area (Å²) in [6.07, 6.45) is -28.3. The van der Waals surface area contributed by atoms with Gasteiger partial charge in [-0.1, -0.05) is 0 Å². The summed E-state index contributed by atoms with van der Waals surface area (Å²) in [5.74, 6) is -78.4. The van der Waals surface area contributed by atoms with Crippen LogP contribution in [0.3, 0.4) is 0 Å². The lowest BCUT2D eigenvalue weighted by Gasteiger charge is -2.42. The fourth-order valence-corrected chi connectivity index (χ4v) is 3.01. The largest absolute Gasteiger partial charge is 0.460 e. The van der Waals surface area contributed by atoms with E-state index >= 15 is 0 Å².